The van der Waals surface area contributed by atoms with Crippen LogP contribution in [-0.2, 0) is 4.57 Å². The lowest BCUT2D eigenvalue weighted by atomic mass is 10.1. The second-order valence-corrected chi connectivity index (χ2v) is 10.2. The molecular formula is C25H26N3O6P. The van der Waals surface area contributed by atoms with Crippen LogP contribution in [-0.4, -0.2) is 16.6 Å². The first kappa shape index (κ1) is 24.4. The maximum absolute atomic E-state index is 14.4. The summed E-state index contributed by atoms with van der Waals surface area (Å²) in [5, 5.41) is 10.9. The molecular weight excluding hydrogens is 469 g/mol. The molecule has 3 aromatic rings. The van der Waals surface area contributed by atoms with Crippen molar-refractivity contribution >= 4 is 19.2 Å². The third-order valence-corrected chi connectivity index (χ3v) is 7.98. The highest BCUT2D eigenvalue weighted by Gasteiger charge is 2.45. The molecule has 1 unspecified atom stereocenters. The van der Waals surface area contributed by atoms with E-state index in [1.807, 2.05) is 12.1 Å². The van der Waals surface area contributed by atoms with E-state index in [1.54, 1.807) is 48.5 Å². The zero-order valence-corrected chi connectivity index (χ0v) is 19.8. The largest absolute Gasteiger partial charge is 0.449 e. The fourth-order valence-corrected chi connectivity index (χ4v) is 6.20. The van der Waals surface area contributed by atoms with Gasteiger partial charge in [0.05, 0.1) is 4.92 Å². The van der Waals surface area contributed by atoms with E-state index in [0.717, 1.165) is 25.7 Å². The molecule has 182 valence electrons. The summed E-state index contributed by atoms with van der Waals surface area (Å²) in [4.78, 5) is 23.1. The molecule has 0 saturated heterocycles. The summed E-state index contributed by atoms with van der Waals surface area (Å²) in [6.45, 7) is 0. The number of carbonyl (C=O) groups is 1. The Bertz CT molecular complexity index is 1140. The van der Waals surface area contributed by atoms with E-state index < -0.39 is 24.2 Å². The molecule has 10 heteroatoms. The second-order valence-electron chi connectivity index (χ2n) is 8.24. The van der Waals surface area contributed by atoms with Gasteiger partial charge in [-0.2, -0.15) is 0 Å². The molecule has 2 N–H and O–H groups in total. The summed E-state index contributed by atoms with van der Waals surface area (Å²) < 4.78 is 26.4. The average Bonchev–Trinajstić information content (AvgIpc) is 3.39. The molecule has 1 atom stereocenters. The number of non-ortho nitro benzene ring substituents is 1. The average molecular weight is 495 g/mol. The number of hydrogen-bond donors (Lipinski definition) is 2. The van der Waals surface area contributed by atoms with Gasteiger partial charge in [0, 0.05) is 17.7 Å². The van der Waals surface area contributed by atoms with Crippen LogP contribution in [0.1, 0.15) is 36.0 Å². The Labute approximate surface area is 203 Å². The molecule has 0 spiro atoms. The van der Waals surface area contributed by atoms with E-state index >= 15 is 0 Å². The van der Waals surface area contributed by atoms with Crippen LogP contribution < -0.4 is 19.9 Å². The predicted molar refractivity (Wildman–Crippen MR) is 131 cm³/mol. The molecule has 0 aliphatic heterocycles. The summed E-state index contributed by atoms with van der Waals surface area (Å²) in [6.07, 6.45) is 3.53. The molecule has 0 heterocycles. The third kappa shape index (κ3) is 6.26. The van der Waals surface area contributed by atoms with Gasteiger partial charge in [-0.25, -0.2) is 9.99 Å². The van der Waals surface area contributed by atoms with Crippen LogP contribution in [0.4, 0.5) is 5.69 Å². The number of amides is 1. The number of para-hydroxylation sites is 2. The van der Waals surface area contributed by atoms with Crippen LogP contribution in [0.2, 0.25) is 0 Å². The summed E-state index contributed by atoms with van der Waals surface area (Å²) in [7, 11) is -3.91. The molecule has 0 bridgehead atoms. The number of nitrogens with zero attached hydrogens (tertiary/aromatic N) is 1. The van der Waals surface area contributed by atoms with Crippen LogP contribution in [0, 0.1) is 16.0 Å². The lowest BCUT2D eigenvalue weighted by Crippen LogP contribution is -2.48. The number of hydrazine groups is 1. The number of rotatable bonds is 10. The molecule has 1 aliphatic rings. The molecule has 0 radical (unpaired) electrons. The van der Waals surface area contributed by atoms with E-state index in [2.05, 4.69) is 10.9 Å². The summed E-state index contributed by atoms with van der Waals surface area (Å²) in [6, 6.07) is 22.8. The Morgan fingerprint density at radius 3 is 1.89 bits per heavy atom. The maximum Gasteiger partial charge on any atom is 0.449 e. The van der Waals surface area contributed by atoms with Crippen LogP contribution in [0.3, 0.4) is 0 Å². The van der Waals surface area contributed by atoms with E-state index in [-0.39, 0.29) is 17.2 Å². The first-order valence-corrected chi connectivity index (χ1v) is 13.0. The first-order chi connectivity index (χ1) is 16.9. The van der Waals surface area contributed by atoms with Crippen LogP contribution >= 0.6 is 7.60 Å². The van der Waals surface area contributed by atoms with Crippen molar-refractivity contribution in [2.45, 2.75) is 31.5 Å². The molecule has 3 aromatic carbocycles. The monoisotopic (exact) mass is 495 g/mol. The molecule has 4 rings (SSSR count). The molecule has 0 aromatic heterocycles. The normalized spacial score (nSPS) is 14.7. The smallest absolute Gasteiger partial charge is 0.415 e. The van der Waals surface area contributed by atoms with Gasteiger partial charge < -0.3 is 9.05 Å². The molecule has 1 amide bonds. The fourth-order valence-electron chi connectivity index (χ4n) is 4.06. The lowest BCUT2D eigenvalue weighted by molar-refractivity contribution is -0.384. The van der Waals surface area contributed by atoms with Crippen molar-refractivity contribution in [1.82, 2.24) is 10.9 Å². The van der Waals surface area contributed by atoms with Crippen molar-refractivity contribution < 1.29 is 23.3 Å². The Morgan fingerprint density at radius 2 is 1.40 bits per heavy atom. The Morgan fingerprint density at radius 1 is 0.886 bits per heavy atom. The standard InChI is InChI=1S/C25H26N3O6P/c29-24(19-15-17-21(18-16-19)28(30)31)26-27-25(20-9-7-8-10-20)35(32,33-22-11-3-1-4-12-22)34-23-13-5-2-6-14-23/h1-6,11-18,20,25,27H,7-10H2,(H,26,29). The first-order valence-electron chi connectivity index (χ1n) is 11.3. The predicted octanol–water partition coefficient (Wildman–Crippen LogP) is 5.70. The highest BCUT2D eigenvalue weighted by Crippen LogP contribution is 2.56. The highest BCUT2D eigenvalue weighted by molar-refractivity contribution is 7.55. The van der Waals surface area contributed by atoms with Gasteiger partial charge in [-0.3, -0.25) is 20.3 Å². The Hall–Kier alpha value is -3.68. The minimum Gasteiger partial charge on any atom is -0.415 e. The maximum atomic E-state index is 14.4. The SMILES string of the molecule is O=C(NNC(C1CCCC1)P(=O)(Oc1ccccc1)Oc1ccccc1)c1ccc([N+](=O)[O-])cc1. The van der Waals surface area contributed by atoms with Crippen molar-refractivity contribution in [3.63, 3.8) is 0 Å². The number of carbonyl (C=O) groups excluding carboxylic acids is 1. The zero-order valence-electron chi connectivity index (χ0n) is 18.9. The van der Waals surface area contributed by atoms with Gasteiger partial charge in [0.25, 0.3) is 11.6 Å². The lowest BCUT2D eigenvalue weighted by Gasteiger charge is -2.31. The molecule has 35 heavy (non-hydrogen) atoms. The number of benzene rings is 3. The Balaban J connectivity index is 1.59. The van der Waals surface area contributed by atoms with Crippen molar-refractivity contribution in [2.75, 3.05) is 0 Å². The van der Waals surface area contributed by atoms with Gasteiger partial charge in [0.2, 0.25) is 0 Å². The van der Waals surface area contributed by atoms with E-state index in [9.17, 15) is 19.5 Å². The van der Waals surface area contributed by atoms with Crippen molar-refractivity contribution in [3.8, 4) is 11.5 Å². The van der Waals surface area contributed by atoms with Gasteiger partial charge in [-0.05, 0) is 55.2 Å². The van der Waals surface area contributed by atoms with Gasteiger partial charge in [-0.15, -0.1) is 0 Å². The number of hydrogen-bond acceptors (Lipinski definition) is 7. The highest BCUT2D eigenvalue weighted by atomic mass is 31.2. The van der Waals surface area contributed by atoms with Crippen LogP contribution in [0.25, 0.3) is 0 Å². The van der Waals surface area contributed by atoms with Gasteiger partial charge in [0.15, 0.2) is 5.78 Å². The van der Waals surface area contributed by atoms with E-state index in [1.165, 1.54) is 24.3 Å². The summed E-state index contributed by atoms with van der Waals surface area (Å²) in [5.74, 6) is -0.636. The minimum absolute atomic E-state index is 0.0644. The fraction of sp³-hybridized carbons (Fsp3) is 0.240. The van der Waals surface area contributed by atoms with Crippen molar-refractivity contribution in [1.29, 1.82) is 0 Å². The van der Waals surface area contributed by atoms with E-state index in [0.29, 0.717) is 11.5 Å². The molecule has 1 aliphatic carbocycles. The molecule has 1 fully saturated rings. The van der Waals surface area contributed by atoms with Crippen molar-refractivity contribution in [3.05, 3.63) is 101 Å². The zero-order chi connectivity index (χ0) is 24.7. The summed E-state index contributed by atoms with van der Waals surface area (Å²) in [5.41, 5.74) is 5.65. The topological polar surface area (TPSA) is 120 Å². The quantitative estimate of drug-likeness (QED) is 0.210. The van der Waals surface area contributed by atoms with Crippen LogP contribution in [0.5, 0.6) is 11.5 Å². The Kier molecular flexibility index (Phi) is 7.80. The third-order valence-electron chi connectivity index (χ3n) is 5.81. The van der Waals surface area contributed by atoms with Gasteiger partial charge >= 0.3 is 7.60 Å². The van der Waals surface area contributed by atoms with Gasteiger partial charge in [0.1, 0.15) is 11.5 Å². The van der Waals surface area contributed by atoms with E-state index in [4.69, 9.17) is 9.05 Å². The van der Waals surface area contributed by atoms with Gasteiger partial charge in [-0.1, -0.05) is 49.2 Å². The number of nitro groups is 1. The summed E-state index contributed by atoms with van der Waals surface area (Å²) >= 11 is 0. The number of nitrogens with one attached hydrogen (secondary N) is 2. The second kappa shape index (κ2) is 11.2. The molecule has 9 nitrogen and oxygen atoms in total. The molecule has 1 saturated carbocycles. The van der Waals surface area contributed by atoms with Crippen molar-refractivity contribution in [2.24, 2.45) is 5.92 Å². The minimum atomic E-state index is -3.91. The number of nitro benzene ring substituents is 1. The van der Waals surface area contributed by atoms with Crippen LogP contribution in [0.15, 0.2) is 84.9 Å².